The largest absolute Gasteiger partial charge is 0.331 e. The summed E-state index contributed by atoms with van der Waals surface area (Å²) in [6.07, 6.45) is 4.80. The molecule has 0 radical (unpaired) electrons. The molecule has 9 heteroatoms. The molecule has 34 heavy (non-hydrogen) atoms. The van der Waals surface area contributed by atoms with Crippen molar-refractivity contribution in [3.8, 4) is 0 Å². The Morgan fingerprint density at radius 3 is 2.56 bits per heavy atom. The van der Waals surface area contributed by atoms with E-state index in [1.807, 2.05) is 0 Å². The monoisotopic (exact) mass is 523 g/mol. The van der Waals surface area contributed by atoms with E-state index in [0.717, 1.165) is 18.4 Å². The molecule has 2 amide bonds. The second kappa shape index (κ2) is 11.6. The predicted octanol–water partition coefficient (Wildman–Crippen LogP) is 6.13. The summed E-state index contributed by atoms with van der Waals surface area (Å²) in [4.78, 5) is 12.7. The van der Waals surface area contributed by atoms with Crippen LogP contribution in [0, 0.1) is 0 Å². The summed E-state index contributed by atoms with van der Waals surface area (Å²) in [6.45, 7) is 6.00. The fourth-order valence-electron chi connectivity index (χ4n) is 4.17. The lowest BCUT2D eigenvalue weighted by Crippen LogP contribution is -2.40. The zero-order chi connectivity index (χ0) is 24.9. The number of benzene rings is 2. The van der Waals surface area contributed by atoms with Crippen molar-refractivity contribution >= 4 is 44.8 Å². The second-order valence-electron chi connectivity index (χ2n) is 8.74. The lowest BCUT2D eigenvalue weighted by Gasteiger charge is -2.28. The summed E-state index contributed by atoms with van der Waals surface area (Å²) in [7, 11) is -3.48. The molecule has 0 bridgehead atoms. The van der Waals surface area contributed by atoms with Crippen LogP contribution in [0.3, 0.4) is 0 Å². The van der Waals surface area contributed by atoms with Crippen LogP contribution in [0.15, 0.2) is 59.0 Å². The minimum Gasteiger partial charge on any atom is -0.331 e. The molecule has 0 fully saturated rings. The van der Waals surface area contributed by atoms with E-state index in [9.17, 15) is 13.2 Å². The van der Waals surface area contributed by atoms with Gasteiger partial charge < -0.3 is 16.0 Å². The highest BCUT2D eigenvalue weighted by Gasteiger charge is 2.23. The third-order valence-electron chi connectivity index (χ3n) is 5.75. The van der Waals surface area contributed by atoms with E-state index in [-0.39, 0.29) is 28.8 Å². The molecule has 1 heterocycles. The second-order valence-corrected chi connectivity index (χ2v) is 11.5. The van der Waals surface area contributed by atoms with Gasteiger partial charge in [0.15, 0.2) is 9.84 Å². The van der Waals surface area contributed by atoms with Gasteiger partial charge in [-0.15, -0.1) is 0 Å². The molecule has 3 rings (SSSR count). The van der Waals surface area contributed by atoms with E-state index in [0.29, 0.717) is 27.7 Å². The van der Waals surface area contributed by atoms with Crippen molar-refractivity contribution in [1.29, 1.82) is 0 Å². The van der Waals surface area contributed by atoms with Gasteiger partial charge in [0.25, 0.3) is 0 Å². The minimum absolute atomic E-state index is 0.00437. The smallest absolute Gasteiger partial charge is 0.319 e. The Bertz CT molecular complexity index is 1150. The number of amides is 2. The summed E-state index contributed by atoms with van der Waals surface area (Å²) in [5.41, 5.74) is 2.13. The van der Waals surface area contributed by atoms with E-state index < -0.39 is 15.9 Å². The third kappa shape index (κ3) is 6.98. The molecule has 1 aliphatic heterocycles. The van der Waals surface area contributed by atoms with Gasteiger partial charge in [0, 0.05) is 17.8 Å². The third-order valence-corrected chi connectivity index (χ3v) is 8.32. The van der Waals surface area contributed by atoms with Crippen LogP contribution in [0.25, 0.3) is 0 Å². The van der Waals surface area contributed by atoms with E-state index >= 15 is 0 Å². The van der Waals surface area contributed by atoms with Gasteiger partial charge >= 0.3 is 6.03 Å². The number of sulfone groups is 1. The van der Waals surface area contributed by atoms with E-state index in [1.165, 1.54) is 12.1 Å². The first kappa shape index (κ1) is 26.5. The quantitative estimate of drug-likeness (QED) is 0.363. The standard InChI is InChI=1S/C25H31Cl2N3O3S/c1-4-6-20-14-18(13-16(2)28-20)15-34(32,33)21-11-9-19(10-12-21)30-25(31)29-17(3)22-7-5-8-23(26)24(22)27/h5,7-12,14,16-17,20,28H,4,6,13,15H2,1-3H3,(H2,29,30,31). The van der Waals surface area contributed by atoms with Crippen molar-refractivity contribution in [3.63, 3.8) is 0 Å². The Balaban J connectivity index is 1.62. The molecule has 3 atom stereocenters. The number of nitrogens with one attached hydrogen (secondary N) is 3. The van der Waals surface area contributed by atoms with Crippen molar-refractivity contribution in [3.05, 3.63) is 69.7 Å². The van der Waals surface area contributed by atoms with Gasteiger partial charge in [-0.2, -0.15) is 0 Å². The summed E-state index contributed by atoms with van der Waals surface area (Å²) < 4.78 is 26.0. The van der Waals surface area contributed by atoms with Crippen LogP contribution in [0.5, 0.6) is 0 Å². The Morgan fingerprint density at radius 1 is 1.18 bits per heavy atom. The maximum atomic E-state index is 13.0. The Kier molecular flexibility index (Phi) is 9.04. The number of carbonyl (C=O) groups is 1. The minimum atomic E-state index is -3.48. The van der Waals surface area contributed by atoms with Gasteiger partial charge in [0.1, 0.15) is 0 Å². The van der Waals surface area contributed by atoms with Gasteiger partial charge in [0.05, 0.1) is 26.7 Å². The zero-order valence-corrected chi connectivity index (χ0v) is 21.9. The number of urea groups is 1. The van der Waals surface area contributed by atoms with Crippen LogP contribution in [0.2, 0.25) is 10.0 Å². The number of rotatable bonds is 8. The van der Waals surface area contributed by atoms with E-state index in [4.69, 9.17) is 23.2 Å². The highest BCUT2D eigenvalue weighted by molar-refractivity contribution is 7.91. The molecule has 0 aliphatic carbocycles. The van der Waals surface area contributed by atoms with Crippen molar-refractivity contribution in [1.82, 2.24) is 10.6 Å². The van der Waals surface area contributed by atoms with Crippen LogP contribution in [0.4, 0.5) is 10.5 Å². The Morgan fingerprint density at radius 2 is 1.88 bits per heavy atom. The normalized spacial score (nSPS) is 19.3. The van der Waals surface area contributed by atoms with Crippen molar-refractivity contribution in [2.75, 3.05) is 11.1 Å². The van der Waals surface area contributed by atoms with E-state index in [2.05, 4.69) is 35.9 Å². The fraction of sp³-hybridized carbons (Fsp3) is 0.400. The lowest BCUT2D eigenvalue weighted by atomic mass is 9.98. The molecular formula is C25H31Cl2N3O3S. The van der Waals surface area contributed by atoms with Crippen molar-refractivity contribution in [2.45, 2.75) is 63.1 Å². The lowest BCUT2D eigenvalue weighted by molar-refractivity contribution is 0.249. The van der Waals surface area contributed by atoms with Crippen molar-refractivity contribution < 1.29 is 13.2 Å². The number of carbonyl (C=O) groups excluding carboxylic acids is 1. The van der Waals surface area contributed by atoms with Crippen LogP contribution in [-0.4, -0.2) is 32.3 Å². The number of halogens is 2. The van der Waals surface area contributed by atoms with Crippen LogP contribution >= 0.6 is 23.2 Å². The SMILES string of the molecule is CCCC1C=C(CS(=O)(=O)c2ccc(NC(=O)NC(C)c3cccc(Cl)c3Cl)cc2)CC(C)N1. The van der Waals surface area contributed by atoms with Gasteiger partial charge in [0.2, 0.25) is 0 Å². The van der Waals surface area contributed by atoms with Crippen molar-refractivity contribution in [2.24, 2.45) is 0 Å². The zero-order valence-electron chi connectivity index (χ0n) is 19.6. The maximum Gasteiger partial charge on any atom is 0.319 e. The summed E-state index contributed by atoms with van der Waals surface area (Å²) in [5, 5.41) is 9.84. The summed E-state index contributed by atoms with van der Waals surface area (Å²) in [6, 6.07) is 11.1. The Labute approximate surface area is 212 Å². The van der Waals surface area contributed by atoms with Gasteiger partial charge in [-0.05, 0) is 62.6 Å². The number of hydrogen-bond acceptors (Lipinski definition) is 4. The molecule has 3 N–H and O–H groups in total. The average Bonchev–Trinajstić information content (AvgIpc) is 2.75. The highest BCUT2D eigenvalue weighted by atomic mass is 35.5. The van der Waals surface area contributed by atoms with Crippen LogP contribution in [0.1, 0.15) is 51.6 Å². The molecule has 184 valence electrons. The van der Waals surface area contributed by atoms with Gasteiger partial charge in [-0.25, -0.2) is 13.2 Å². The molecular weight excluding hydrogens is 493 g/mol. The fourth-order valence-corrected chi connectivity index (χ4v) is 6.06. The molecule has 2 aromatic rings. The molecule has 0 saturated heterocycles. The molecule has 2 aromatic carbocycles. The highest BCUT2D eigenvalue weighted by Crippen LogP contribution is 2.30. The predicted molar refractivity (Wildman–Crippen MR) is 140 cm³/mol. The molecule has 6 nitrogen and oxygen atoms in total. The molecule has 0 aromatic heterocycles. The number of hydrogen-bond donors (Lipinski definition) is 3. The van der Waals surface area contributed by atoms with Gasteiger partial charge in [-0.3, -0.25) is 0 Å². The van der Waals surface area contributed by atoms with E-state index in [1.54, 1.807) is 37.3 Å². The topological polar surface area (TPSA) is 87.3 Å². The molecule has 3 unspecified atom stereocenters. The summed E-state index contributed by atoms with van der Waals surface area (Å²) in [5.74, 6) is 0.00437. The first-order valence-electron chi connectivity index (χ1n) is 11.4. The van der Waals surface area contributed by atoms with Gasteiger partial charge in [-0.1, -0.05) is 60.3 Å². The average molecular weight is 525 g/mol. The number of anilines is 1. The summed E-state index contributed by atoms with van der Waals surface area (Å²) >= 11 is 12.3. The Hall–Kier alpha value is -2.06. The maximum absolute atomic E-state index is 13.0. The molecule has 0 spiro atoms. The first-order chi connectivity index (χ1) is 16.1. The van der Waals surface area contributed by atoms with Crippen LogP contribution < -0.4 is 16.0 Å². The molecule has 0 saturated carbocycles. The van der Waals surface area contributed by atoms with Crippen LogP contribution in [-0.2, 0) is 9.84 Å². The molecule has 1 aliphatic rings. The first-order valence-corrected chi connectivity index (χ1v) is 13.8.